The first-order valence-electron chi connectivity index (χ1n) is 10.4. The third-order valence-electron chi connectivity index (χ3n) is 5.40. The van der Waals surface area contributed by atoms with Crippen molar-refractivity contribution in [3.05, 3.63) is 69.7 Å². The van der Waals surface area contributed by atoms with Crippen LogP contribution in [0.5, 0.6) is 0 Å². The van der Waals surface area contributed by atoms with Crippen molar-refractivity contribution in [1.29, 1.82) is 0 Å². The quantitative estimate of drug-likeness (QED) is 0.517. The molecule has 0 unspecified atom stereocenters. The summed E-state index contributed by atoms with van der Waals surface area (Å²) in [7, 11) is 0. The summed E-state index contributed by atoms with van der Waals surface area (Å²) in [6, 6.07) is 16.3. The Kier molecular flexibility index (Phi) is 7.34. The summed E-state index contributed by atoms with van der Waals surface area (Å²) in [5.74, 6) is 0. The third-order valence-corrected chi connectivity index (χ3v) is 6.36. The molecule has 1 heterocycles. The van der Waals surface area contributed by atoms with E-state index in [2.05, 4.69) is 67.5 Å². The van der Waals surface area contributed by atoms with E-state index in [4.69, 9.17) is 35.4 Å². The molecule has 1 aliphatic heterocycles. The third kappa shape index (κ3) is 6.58. The molecule has 3 rings (SSSR count). The molecule has 0 saturated carbocycles. The van der Waals surface area contributed by atoms with Crippen molar-refractivity contribution in [2.45, 2.75) is 70.7 Å². The van der Waals surface area contributed by atoms with Crippen LogP contribution in [0.15, 0.2) is 48.5 Å². The zero-order valence-corrected chi connectivity index (χ0v) is 20.5. The molecule has 0 spiro atoms. The smallest absolute Gasteiger partial charge is 0.169 e. The van der Waals surface area contributed by atoms with Gasteiger partial charge in [0.05, 0.1) is 0 Å². The Balaban J connectivity index is 1.79. The van der Waals surface area contributed by atoms with Crippen LogP contribution in [-0.4, -0.2) is 27.1 Å². The molecule has 162 valence electrons. The molecule has 0 aromatic heterocycles. The van der Waals surface area contributed by atoms with Crippen molar-refractivity contribution in [3.8, 4) is 0 Å². The summed E-state index contributed by atoms with van der Waals surface area (Å²) in [5.41, 5.74) is 2.32. The number of hydrogen-bond donors (Lipinski definition) is 2. The molecule has 3 nitrogen and oxygen atoms in total. The summed E-state index contributed by atoms with van der Waals surface area (Å²) in [6.45, 7) is 10.3. The molecule has 2 aromatic rings. The van der Waals surface area contributed by atoms with E-state index in [1.165, 1.54) is 5.56 Å². The maximum atomic E-state index is 6.46. The molecule has 6 heteroatoms. The highest BCUT2D eigenvalue weighted by Gasteiger charge is 2.38. The number of halogens is 2. The van der Waals surface area contributed by atoms with Crippen LogP contribution in [0.4, 0.5) is 0 Å². The number of piperidine rings is 1. The van der Waals surface area contributed by atoms with Crippen molar-refractivity contribution in [2.24, 2.45) is 0 Å². The van der Waals surface area contributed by atoms with Gasteiger partial charge in [-0.15, -0.1) is 0 Å². The lowest BCUT2D eigenvalue weighted by Gasteiger charge is -2.47. The minimum Gasteiger partial charge on any atom is -0.360 e. The largest absolute Gasteiger partial charge is 0.360 e. The second-order valence-corrected chi connectivity index (χ2v) is 10.8. The average molecular weight is 465 g/mol. The van der Waals surface area contributed by atoms with Gasteiger partial charge >= 0.3 is 0 Å². The van der Waals surface area contributed by atoms with Gasteiger partial charge in [0.1, 0.15) is 0 Å². The van der Waals surface area contributed by atoms with E-state index < -0.39 is 0 Å². The number of benzene rings is 2. The second-order valence-electron chi connectivity index (χ2n) is 9.52. The Morgan fingerprint density at radius 1 is 1.03 bits per heavy atom. The fourth-order valence-corrected chi connectivity index (χ4v) is 5.31. The summed E-state index contributed by atoms with van der Waals surface area (Å²) in [4.78, 5) is 2.18. The molecule has 1 fully saturated rings. The first kappa shape index (κ1) is 23.3. The minimum absolute atomic E-state index is 0.0543. The molecule has 30 heavy (non-hydrogen) atoms. The topological polar surface area (TPSA) is 27.3 Å². The summed E-state index contributed by atoms with van der Waals surface area (Å²) in [5, 5.41) is 9.43. The van der Waals surface area contributed by atoms with Crippen LogP contribution < -0.4 is 10.6 Å². The van der Waals surface area contributed by atoms with Crippen molar-refractivity contribution in [1.82, 2.24) is 15.5 Å². The van der Waals surface area contributed by atoms with Crippen LogP contribution in [0.3, 0.4) is 0 Å². The van der Waals surface area contributed by atoms with Crippen molar-refractivity contribution in [2.75, 3.05) is 0 Å². The lowest BCUT2D eigenvalue weighted by atomic mass is 9.80. The Bertz CT molecular complexity index is 867. The van der Waals surface area contributed by atoms with Crippen LogP contribution in [-0.2, 0) is 13.1 Å². The molecule has 2 N–H and O–H groups in total. The number of nitrogens with one attached hydrogen (secondary N) is 2. The highest BCUT2D eigenvalue weighted by atomic mass is 35.5. The van der Waals surface area contributed by atoms with E-state index in [0.717, 1.165) is 23.5 Å². The lowest BCUT2D eigenvalue weighted by molar-refractivity contribution is 0.153. The number of rotatable bonds is 5. The Hall–Kier alpha value is -1.33. The standard InChI is InChI=1S/C24H31Cl2N3S/c1-23(2)13-20(14-24(3,4)28-23)27-22(30)29(15-17-8-6-5-7-9-17)16-18-10-11-19(25)12-21(18)26/h5-12,20,28H,13-16H2,1-4H3,(H,27,30). The van der Waals surface area contributed by atoms with Gasteiger partial charge in [0.15, 0.2) is 5.11 Å². The molecule has 0 aliphatic carbocycles. The maximum Gasteiger partial charge on any atom is 0.169 e. The number of nitrogens with zero attached hydrogens (tertiary/aromatic N) is 1. The first-order valence-corrected chi connectivity index (χ1v) is 11.5. The SMILES string of the molecule is CC1(C)CC(NC(=S)N(Cc2ccccc2)Cc2ccc(Cl)cc2Cl)CC(C)(C)N1. The van der Waals surface area contributed by atoms with E-state index in [0.29, 0.717) is 29.2 Å². The number of thiocarbonyl (C=S) groups is 1. The predicted molar refractivity (Wildman–Crippen MR) is 132 cm³/mol. The van der Waals surface area contributed by atoms with E-state index in [1.54, 1.807) is 6.07 Å². The van der Waals surface area contributed by atoms with Crippen LogP contribution >= 0.6 is 35.4 Å². The molecule has 2 aromatic carbocycles. The minimum atomic E-state index is 0.0543. The Morgan fingerprint density at radius 3 is 2.27 bits per heavy atom. The first-order chi connectivity index (χ1) is 14.0. The van der Waals surface area contributed by atoms with Crippen molar-refractivity contribution in [3.63, 3.8) is 0 Å². The van der Waals surface area contributed by atoms with Crippen molar-refractivity contribution < 1.29 is 0 Å². The lowest BCUT2D eigenvalue weighted by Crippen LogP contribution is -2.62. The van der Waals surface area contributed by atoms with E-state index in [9.17, 15) is 0 Å². The second kappa shape index (κ2) is 9.44. The average Bonchev–Trinajstić information content (AvgIpc) is 2.61. The molecule has 0 amide bonds. The Morgan fingerprint density at radius 2 is 1.67 bits per heavy atom. The molecule has 1 saturated heterocycles. The highest BCUT2D eigenvalue weighted by Crippen LogP contribution is 2.29. The van der Waals surface area contributed by atoms with Crippen molar-refractivity contribution >= 4 is 40.5 Å². The Labute approximate surface area is 196 Å². The van der Waals surface area contributed by atoms with Gasteiger partial charge in [-0.25, -0.2) is 0 Å². The normalized spacial score (nSPS) is 18.1. The van der Waals surface area contributed by atoms with E-state index in [1.807, 2.05) is 18.2 Å². The molecule has 0 radical (unpaired) electrons. The van der Waals surface area contributed by atoms with Gasteiger partial charge in [0.2, 0.25) is 0 Å². The molecule has 1 aliphatic rings. The van der Waals surface area contributed by atoms with Gasteiger partial charge in [-0.2, -0.15) is 0 Å². The monoisotopic (exact) mass is 463 g/mol. The molecule has 0 atom stereocenters. The fraction of sp³-hybridized carbons (Fsp3) is 0.458. The van der Waals surface area contributed by atoms with Gasteiger partial charge in [-0.1, -0.05) is 59.6 Å². The zero-order chi connectivity index (χ0) is 21.9. The van der Waals surface area contributed by atoms with Crippen LogP contribution in [0, 0.1) is 0 Å². The van der Waals surface area contributed by atoms with Crippen LogP contribution in [0.2, 0.25) is 10.0 Å². The summed E-state index contributed by atoms with van der Waals surface area (Å²) >= 11 is 18.4. The maximum absolute atomic E-state index is 6.46. The van der Waals surface area contributed by atoms with Gasteiger partial charge in [0.25, 0.3) is 0 Å². The highest BCUT2D eigenvalue weighted by molar-refractivity contribution is 7.80. The molecule has 0 bridgehead atoms. The molecular formula is C24H31Cl2N3S. The van der Waals surface area contributed by atoms with Gasteiger partial charge in [-0.05, 0) is 76.0 Å². The van der Waals surface area contributed by atoms with Crippen LogP contribution in [0.1, 0.15) is 51.7 Å². The van der Waals surface area contributed by atoms with Gasteiger partial charge in [0, 0.05) is 40.3 Å². The number of hydrogen-bond acceptors (Lipinski definition) is 2. The summed E-state index contributed by atoms with van der Waals surface area (Å²) < 4.78 is 0. The fourth-order valence-electron chi connectivity index (χ4n) is 4.55. The van der Waals surface area contributed by atoms with E-state index >= 15 is 0 Å². The van der Waals surface area contributed by atoms with Gasteiger partial charge < -0.3 is 15.5 Å². The predicted octanol–water partition coefficient (Wildman–Crippen LogP) is 6.18. The van der Waals surface area contributed by atoms with E-state index in [-0.39, 0.29) is 11.1 Å². The zero-order valence-electron chi connectivity index (χ0n) is 18.1. The molecular weight excluding hydrogens is 433 g/mol. The van der Waals surface area contributed by atoms with Gasteiger partial charge in [-0.3, -0.25) is 0 Å². The van der Waals surface area contributed by atoms with Crippen LogP contribution in [0.25, 0.3) is 0 Å². The summed E-state index contributed by atoms with van der Waals surface area (Å²) in [6.07, 6.45) is 2.02.